The van der Waals surface area contributed by atoms with Crippen LogP contribution in [0.15, 0.2) is 54.7 Å². The number of benzene rings is 1. The van der Waals surface area contributed by atoms with E-state index in [4.69, 9.17) is 0 Å². The van der Waals surface area contributed by atoms with Gasteiger partial charge in [-0.1, -0.05) is 36.4 Å². The van der Waals surface area contributed by atoms with Gasteiger partial charge in [0.05, 0.1) is 12.2 Å². The maximum atomic E-state index is 13.0. The molecule has 35 heavy (non-hydrogen) atoms. The van der Waals surface area contributed by atoms with Crippen molar-refractivity contribution < 1.29 is 28.0 Å². The third kappa shape index (κ3) is 7.94. The fourth-order valence-electron chi connectivity index (χ4n) is 3.83. The number of alkyl halides is 2. The van der Waals surface area contributed by atoms with Gasteiger partial charge in [-0.2, -0.15) is 0 Å². The molecule has 0 unspecified atom stereocenters. The van der Waals surface area contributed by atoms with E-state index in [1.165, 1.54) is 6.92 Å². The Hall–Kier alpha value is -3.69. The SMILES string of the molecule is C[C@@H](NC(=O)CC1CC(F)(F)C1)C(=O)N[C@H](Cc1ccccc1)C(=O)C(=O)NCc1ccccn1. The van der Waals surface area contributed by atoms with Crippen LogP contribution < -0.4 is 16.0 Å². The molecule has 2 atom stereocenters. The van der Waals surface area contributed by atoms with Gasteiger partial charge in [-0.05, 0) is 30.5 Å². The van der Waals surface area contributed by atoms with Crippen molar-refractivity contribution in [2.75, 3.05) is 0 Å². The monoisotopic (exact) mass is 486 g/mol. The van der Waals surface area contributed by atoms with Gasteiger partial charge in [0.25, 0.3) is 5.91 Å². The molecule has 1 aliphatic rings. The van der Waals surface area contributed by atoms with E-state index >= 15 is 0 Å². The summed E-state index contributed by atoms with van der Waals surface area (Å²) in [5.74, 6) is -6.05. The number of halogens is 2. The summed E-state index contributed by atoms with van der Waals surface area (Å²) in [5, 5.41) is 7.53. The van der Waals surface area contributed by atoms with E-state index in [1.54, 1.807) is 54.7 Å². The molecule has 1 aliphatic carbocycles. The molecule has 8 nitrogen and oxygen atoms in total. The number of ketones is 1. The number of hydrogen-bond acceptors (Lipinski definition) is 5. The van der Waals surface area contributed by atoms with Crippen molar-refractivity contribution in [1.29, 1.82) is 0 Å². The van der Waals surface area contributed by atoms with Crippen LogP contribution in [-0.4, -0.2) is 46.5 Å². The molecular weight excluding hydrogens is 458 g/mol. The van der Waals surface area contributed by atoms with E-state index in [1.807, 2.05) is 0 Å². The predicted molar refractivity (Wildman–Crippen MR) is 123 cm³/mol. The van der Waals surface area contributed by atoms with Gasteiger partial charge >= 0.3 is 0 Å². The number of nitrogens with one attached hydrogen (secondary N) is 3. The average Bonchev–Trinajstić information content (AvgIpc) is 2.81. The molecule has 0 aliphatic heterocycles. The van der Waals surface area contributed by atoms with Crippen LogP contribution >= 0.6 is 0 Å². The minimum atomic E-state index is -2.73. The molecule has 1 fully saturated rings. The number of rotatable bonds is 11. The van der Waals surface area contributed by atoms with Crippen molar-refractivity contribution in [1.82, 2.24) is 20.9 Å². The maximum absolute atomic E-state index is 13.0. The van der Waals surface area contributed by atoms with Crippen LogP contribution in [0.3, 0.4) is 0 Å². The topological polar surface area (TPSA) is 117 Å². The molecule has 3 amide bonds. The highest BCUT2D eigenvalue weighted by Crippen LogP contribution is 2.43. The Balaban J connectivity index is 1.58. The average molecular weight is 487 g/mol. The van der Waals surface area contributed by atoms with E-state index in [2.05, 4.69) is 20.9 Å². The minimum Gasteiger partial charge on any atom is -0.345 e. The predicted octanol–water partition coefficient (Wildman–Crippen LogP) is 1.93. The van der Waals surface area contributed by atoms with Crippen molar-refractivity contribution in [3.8, 4) is 0 Å². The fraction of sp³-hybridized carbons (Fsp3) is 0.400. The Morgan fingerprint density at radius 2 is 1.71 bits per heavy atom. The summed E-state index contributed by atoms with van der Waals surface area (Å²) in [4.78, 5) is 54.4. The summed E-state index contributed by atoms with van der Waals surface area (Å²) in [5.41, 5.74) is 1.30. The smallest absolute Gasteiger partial charge is 0.289 e. The molecule has 0 bridgehead atoms. The number of hydrogen-bond donors (Lipinski definition) is 3. The van der Waals surface area contributed by atoms with Crippen LogP contribution in [0.2, 0.25) is 0 Å². The zero-order chi connectivity index (χ0) is 25.4. The third-order valence-corrected chi connectivity index (χ3v) is 5.72. The lowest BCUT2D eigenvalue weighted by molar-refractivity contribution is -0.141. The summed E-state index contributed by atoms with van der Waals surface area (Å²) >= 11 is 0. The lowest BCUT2D eigenvalue weighted by atomic mass is 9.79. The van der Waals surface area contributed by atoms with Gasteiger partial charge in [0.1, 0.15) is 12.1 Å². The first kappa shape index (κ1) is 25.9. The van der Waals surface area contributed by atoms with Crippen LogP contribution in [0.4, 0.5) is 8.78 Å². The Kier molecular flexibility index (Phi) is 8.62. The van der Waals surface area contributed by atoms with Crippen LogP contribution in [0.5, 0.6) is 0 Å². The standard InChI is InChI=1S/C25H28F2N4O4/c1-16(30-21(32)12-18-13-25(26,27)14-18)23(34)31-20(11-17-7-3-2-4-8-17)22(33)24(35)29-15-19-9-5-6-10-28-19/h2-10,16,18,20H,11-15H2,1H3,(H,29,35)(H,30,32)(H,31,34)/t16-,20-/m1/s1. The molecule has 3 N–H and O–H groups in total. The summed E-state index contributed by atoms with van der Waals surface area (Å²) in [7, 11) is 0. The van der Waals surface area contributed by atoms with E-state index < -0.39 is 47.4 Å². The Morgan fingerprint density at radius 3 is 2.34 bits per heavy atom. The largest absolute Gasteiger partial charge is 0.345 e. The number of amides is 3. The molecule has 10 heteroatoms. The van der Waals surface area contributed by atoms with Crippen LogP contribution in [0.25, 0.3) is 0 Å². The molecule has 1 saturated carbocycles. The molecule has 186 valence electrons. The normalized spacial score (nSPS) is 16.3. The van der Waals surface area contributed by atoms with Crippen molar-refractivity contribution in [2.24, 2.45) is 5.92 Å². The van der Waals surface area contributed by atoms with Gasteiger partial charge in [0.2, 0.25) is 23.5 Å². The first-order valence-corrected chi connectivity index (χ1v) is 11.4. The first-order chi connectivity index (χ1) is 16.6. The van der Waals surface area contributed by atoms with Gasteiger partial charge in [-0.25, -0.2) is 8.78 Å². The van der Waals surface area contributed by atoms with Gasteiger partial charge < -0.3 is 16.0 Å². The zero-order valence-corrected chi connectivity index (χ0v) is 19.3. The highest BCUT2D eigenvalue weighted by Gasteiger charge is 2.45. The Morgan fingerprint density at radius 1 is 1.03 bits per heavy atom. The van der Waals surface area contributed by atoms with Crippen molar-refractivity contribution >= 4 is 23.5 Å². The van der Waals surface area contributed by atoms with Crippen molar-refractivity contribution in [3.63, 3.8) is 0 Å². The second kappa shape index (κ2) is 11.6. The molecule has 0 saturated heterocycles. The number of aromatic nitrogens is 1. The van der Waals surface area contributed by atoms with Crippen molar-refractivity contribution in [3.05, 3.63) is 66.0 Å². The number of carbonyl (C=O) groups excluding carboxylic acids is 4. The fourth-order valence-corrected chi connectivity index (χ4v) is 3.83. The molecule has 0 spiro atoms. The van der Waals surface area contributed by atoms with Crippen LogP contribution in [0.1, 0.15) is 37.4 Å². The number of carbonyl (C=O) groups is 4. The summed E-state index contributed by atoms with van der Waals surface area (Å²) in [6.45, 7) is 1.47. The second-order valence-corrected chi connectivity index (χ2v) is 8.74. The first-order valence-electron chi connectivity index (χ1n) is 11.4. The molecule has 1 aromatic carbocycles. The summed E-state index contributed by atoms with van der Waals surface area (Å²) in [6, 6.07) is 11.8. The maximum Gasteiger partial charge on any atom is 0.289 e. The molecule has 1 heterocycles. The molecule has 3 rings (SSSR count). The molecule has 2 aromatic rings. The minimum absolute atomic E-state index is 0.0457. The van der Waals surface area contributed by atoms with Gasteiger partial charge in [0, 0.05) is 31.9 Å². The highest BCUT2D eigenvalue weighted by molar-refractivity contribution is 6.38. The quantitative estimate of drug-likeness (QED) is 0.420. The lowest BCUT2D eigenvalue weighted by Gasteiger charge is -2.34. The zero-order valence-electron chi connectivity index (χ0n) is 19.3. The second-order valence-electron chi connectivity index (χ2n) is 8.74. The highest BCUT2D eigenvalue weighted by atomic mass is 19.3. The number of pyridine rings is 1. The Bertz CT molecular complexity index is 1040. The van der Waals surface area contributed by atoms with E-state index in [-0.39, 0.29) is 32.2 Å². The van der Waals surface area contributed by atoms with Crippen molar-refractivity contribution in [2.45, 2.75) is 57.2 Å². The lowest BCUT2D eigenvalue weighted by Crippen LogP contribution is -2.54. The third-order valence-electron chi connectivity index (χ3n) is 5.72. The molecule has 1 aromatic heterocycles. The van der Waals surface area contributed by atoms with Gasteiger partial charge in [0.15, 0.2) is 0 Å². The van der Waals surface area contributed by atoms with Gasteiger partial charge in [-0.15, -0.1) is 0 Å². The van der Waals surface area contributed by atoms with Gasteiger partial charge in [-0.3, -0.25) is 24.2 Å². The summed E-state index contributed by atoms with van der Waals surface area (Å²) in [6.07, 6.45) is 0.841. The summed E-state index contributed by atoms with van der Waals surface area (Å²) < 4.78 is 26.0. The van der Waals surface area contributed by atoms with Crippen LogP contribution in [-0.2, 0) is 32.1 Å². The number of nitrogens with zero attached hydrogens (tertiary/aromatic N) is 1. The van der Waals surface area contributed by atoms with E-state index in [9.17, 15) is 28.0 Å². The number of Topliss-reactive ketones (excluding diaryl/α,β-unsaturated/α-hetero) is 1. The van der Waals surface area contributed by atoms with E-state index in [0.717, 1.165) is 5.56 Å². The Labute approximate surface area is 201 Å². The molecular formula is C25H28F2N4O4. The molecule has 0 radical (unpaired) electrons. The van der Waals surface area contributed by atoms with Crippen LogP contribution in [0, 0.1) is 5.92 Å². The van der Waals surface area contributed by atoms with E-state index in [0.29, 0.717) is 5.69 Å².